The van der Waals surface area contributed by atoms with Crippen LogP contribution in [0.4, 0.5) is 5.69 Å². The summed E-state index contributed by atoms with van der Waals surface area (Å²) < 4.78 is 2.35. The van der Waals surface area contributed by atoms with Gasteiger partial charge in [-0.05, 0) is 79.8 Å². The summed E-state index contributed by atoms with van der Waals surface area (Å²) in [5, 5.41) is 3.42. The molecule has 0 radical (unpaired) electrons. The van der Waals surface area contributed by atoms with Gasteiger partial charge in [0.25, 0.3) is 0 Å². The average molecular weight is 688 g/mol. The van der Waals surface area contributed by atoms with Crippen LogP contribution >= 0.6 is 11.8 Å². The number of hydrogen-bond acceptors (Lipinski definition) is 5. The first-order valence-corrected chi connectivity index (χ1v) is 20.7. The minimum atomic E-state index is 0.625. The topological polar surface area (TPSA) is 46.8 Å². The zero-order chi connectivity index (χ0) is 33.5. The van der Waals surface area contributed by atoms with Crippen molar-refractivity contribution < 1.29 is 0 Å². The maximum Gasteiger partial charge on any atom is 0.238 e. The first-order chi connectivity index (χ1) is 25.3. The van der Waals surface area contributed by atoms with Crippen molar-refractivity contribution in [2.45, 2.75) is 118 Å². The molecule has 0 spiro atoms. The van der Waals surface area contributed by atoms with E-state index in [1.54, 1.807) is 5.56 Å². The van der Waals surface area contributed by atoms with Crippen molar-refractivity contribution in [2.75, 3.05) is 4.90 Å². The van der Waals surface area contributed by atoms with Crippen LogP contribution in [0.25, 0.3) is 50.5 Å². The summed E-state index contributed by atoms with van der Waals surface area (Å²) in [6.45, 7) is 0. The number of para-hydroxylation sites is 1. The van der Waals surface area contributed by atoms with Crippen LogP contribution in [0.5, 0.6) is 0 Å². The van der Waals surface area contributed by atoms with Crippen molar-refractivity contribution >= 4 is 39.3 Å². The third kappa shape index (κ3) is 4.85. The zero-order valence-electron chi connectivity index (χ0n) is 29.3. The van der Waals surface area contributed by atoms with Crippen LogP contribution in [-0.4, -0.2) is 36.9 Å². The molecular formula is C45H45N5S. The molecule has 5 aliphatic rings. The van der Waals surface area contributed by atoms with Gasteiger partial charge in [0.2, 0.25) is 5.95 Å². The van der Waals surface area contributed by atoms with Crippen LogP contribution in [0.1, 0.15) is 106 Å². The summed E-state index contributed by atoms with van der Waals surface area (Å²) in [6, 6.07) is 32.6. The van der Waals surface area contributed by atoms with Crippen molar-refractivity contribution in [3.8, 4) is 28.7 Å². The summed E-state index contributed by atoms with van der Waals surface area (Å²) >= 11 is 2.09. The first kappa shape index (κ1) is 30.5. The molecule has 3 aliphatic carbocycles. The molecule has 0 bridgehead atoms. The van der Waals surface area contributed by atoms with E-state index in [4.69, 9.17) is 15.0 Å². The highest BCUT2D eigenvalue weighted by Gasteiger charge is 2.44. The van der Waals surface area contributed by atoms with Crippen LogP contribution < -0.4 is 4.90 Å². The molecule has 256 valence electrons. The van der Waals surface area contributed by atoms with Gasteiger partial charge in [-0.3, -0.25) is 4.57 Å². The summed E-state index contributed by atoms with van der Waals surface area (Å²) in [4.78, 5) is 20.3. The second kappa shape index (κ2) is 12.2. The molecule has 3 saturated carbocycles. The monoisotopic (exact) mass is 687 g/mol. The Kier molecular flexibility index (Phi) is 7.30. The van der Waals surface area contributed by atoms with E-state index in [1.165, 1.54) is 121 Å². The zero-order valence-corrected chi connectivity index (χ0v) is 30.1. The lowest BCUT2D eigenvalue weighted by Gasteiger charge is -2.41. The lowest BCUT2D eigenvalue weighted by Crippen LogP contribution is -2.44. The van der Waals surface area contributed by atoms with Crippen molar-refractivity contribution in [2.24, 2.45) is 0 Å². The molecule has 4 aromatic carbocycles. The Hall–Kier alpha value is -4.16. The minimum Gasteiger partial charge on any atom is -0.364 e. The number of nitrogens with zero attached hydrogens (tertiary/aromatic N) is 5. The maximum atomic E-state index is 5.40. The van der Waals surface area contributed by atoms with E-state index >= 15 is 0 Å². The van der Waals surface area contributed by atoms with Crippen molar-refractivity contribution in [1.82, 2.24) is 19.5 Å². The smallest absolute Gasteiger partial charge is 0.238 e. The van der Waals surface area contributed by atoms with Gasteiger partial charge in [0.1, 0.15) is 0 Å². The molecule has 2 aliphatic heterocycles. The van der Waals surface area contributed by atoms with Gasteiger partial charge in [-0.15, -0.1) is 11.8 Å². The van der Waals surface area contributed by atoms with Crippen LogP contribution in [0.15, 0.2) is 89.8 Å². The van der Waals surface area contributed by atoms with Crippen LogP contribution in [0.3, 0.4) is 0 Å². The number of rotatable bonds is 4. The molecule has 4 heterocycles. The summed E-state index contributed by atoms with van der Waals surface area (Å²) in [7, 11) is 0. The van der Waals surface area contributed by atoms with E-state index in [-0.39, 0.29) is 0 Å². The Balaban J connectivity index is 1.13. The van der Waals surface area contributed by atoms with Gasteiger partial charge in [0.15, 0.2) is 11.6 Å². The van der Waals surface area contributed by atoms with Gasteiger partial charge in [-0.25, -0.2) is 4.98 Å². The molecule has 6 heteroatoms. The summed E-state index contributed by atoms with van der Waals surface area (Å²) in [6.07, 6.45) is 17.3. The summed E-state index contributed by atoms with van der Waals surface area (Å²) in [5.41, 5.74) is 9.09. The highest BCUT2D eigenvalue weighted by molar-refractivity contribution is 8.00. The number of thioether (sulfide) groups is 1. The Morgan fingerprint density at radius 1 is 0.569 bits per heavy atom. The standard InChI is InChI=1S/C45H45N5S/c1-3-13-28(14-4-1)43-46-44(29-23-26-40-35(27-29)32-18-9-12-22-39(32)51-40)48-45(47-43)50-37-21-11-8-19-34(37)41-38(50)25-24-33-31-17-7-10-20-36(31)49(42(33)41)30-15-5-2-6-16-30/h1,3-4,8,11,13-14,19,21,23-27,30-32,36,39H,2,5-7,9-10,12,15-18,20,22H2/t31-,32?,36?,39?/m1/s1. The van der Waals surface area contributed by atoms with E-state index in [9.17, 15) is 0 Å². The predicted octanol–water partition coefficient (Wildman–Crippen LogP) is 11.6. The van der Waals surface area contributed by atoms with Gasteiger partial charge in [0.05, 0.1) is 16.7 Å². The quantitative estimate of drug-likeness (QED) is 0.185. The second-order valence-electron chi connectivity index (χ2n) is 15.9. The highest BCUT2D eigenvalue weighted by atomic mass is 32.2. The molecular weight excluding hydrogens is 643 g/mol. The Bertz CT molecular complexity index is 2290. The lowest BCUT2D eigenvalue weighted by molar-refractivity contribution is 0.331. The van der Waals surface area contributed by atoms with Gasteiger partial charge >= 0.3 is 0 Å². The molecule has 2 aromatic heterocycles. The Labute approximate surface area is 304 Å². The van der Waals surface area contributed by atoms with E-state index in [0.717, 1.165) is 22.8 Å². The number of aromatic nitrogens is 4. The lowest BCUT2D eigenvalue weighted by atomic mass is 9.81. The SMILES string of the molecule is c1ccc(-c2nc(-c3ccc4c(c3)C3CCCCC3S4)nc(-n3c4ccccc4c4c5c(ccc43)[C@H]3CCCCC3N5C3CCCCC3)n2)cc1. The van der Waals surface area contributed by atoms with E-state index in [1.807, 2.05) is 0 Å². The molecule has 11 rings (SSSR count). The fourth-order valence-electron chi connectivity index (χ4n) is 10.8. The molecule has 0 amide bonds. The molecule has 0 N–H and O–H groups in total. The van der Waals surface area contributed by atoms with Crippen LogP contribution in [0, 0.1) is 0 Å². The van der Waals surface area contributed by atoms with Gasteiger partial charge in [-0.2, -0.15) is 9.97 Å². The second-order valence-corrected chi connectivity index (χ2v) is 17.1. The Morgan fingerprint density at radius 3 is 2.20 bits per heavy atom. The van der Waals surface area contributed by atoms with Crippen molar-refractivity contribution in [1.29, 1.82) is 0 Å². The van der Waals surface area contributed by atoms with Gasteiger partial charge in [0, 0.05) is 50.0 Å². The highest BCUT2D eigenvalue weighted by Crippen LogP contribution is 2.55. The number of fused-ring (bicyclic) bond motifs is 10. The predicted molar refractivity (Wildman–Crippen MR) is 210 cm³/mol. The van der Waals surface area contributed by atoms with Gasteiger partial charge in [-0.1, -0.05) is 106 Å². The summed E-state index contributed by atoms with van der Waals surface area (Å²) in [5.74, 6) is 3.46. The average Bonchev–Trinajstić information content (AvgIpc) is 3.86. The molecule has 6 aromatic rings. The minimum absolute atomic E-state index is 0.625. The van der Waals surface area contributed by atoms with E-state index in [0.29, 0.717) is 35.1 Å². The van der Waals surface area contributed by atoms with Crippen LogP contribution in [-0.2, 0) is 0 Å². The molecule has 0 saturated heterocycles. The number of benzene rings is 4. The normalized spacial score (nSPS) is 24.4. The number of hydrogen-bond donors (Lipinski definition) is 0. The Morgan fingerprint density at radius 2 is 1.31 bits per heavy atom. The van der Waals surface area contributed by atoms with Crippen molar-refractivity contribution in [3.05, 3.63) is 96.1 Å². The largest absolute Gasteiger partial charge is 0.364 e. The third-order valence-corrected chi connectivity index (χ3v) is 14.6. The van der Waals surface area contributed by atoms with E-state index < -0.39 is 0 Å². The fraction of sp³-hybridized carbons (Fsp3) is 0.400. The molecule has 51 heavy (non-hydrogen) atoms. The molecule has 3 fully saturated rings. The van der Waals surface area contributed by atoms with E-state index in [2.05, 4.69) is 106 Å². The fourth-order valence-corrected chi connectivity index (χ4v) is 12.3. The molecule has 5 nitrogen and oxygen atoms in total. The van der Waals surface area contributed by atoms with Crippen molar-refractivity contribution in [3.63, 3.8) is 0 Å². The first-order valence-electron chi connectivity index (χ1n) is 19.8. The van der Waals surface area contributed by atoms with Gasteiger partial charge < -0.3 is 4.90 Å². The molecule has 4 atom stereocenters. The third-order valence-electron chi connectivity index (χ3n) is 13.1. The number of anilines is 1. The van der Waals surface area contributed by atoms with Crippen LogP contribution in [0.2, 0.25) is 0 Å². The molecule has 3 unspecified atom stereocenters. The maximum absolute atomic E-state index is 5.40.